The molecule has 2 rings (SSSR count). The largest absolute Gasteiger partial charge is 0.396 e. The van der Waals surface area contributed by atoms with E-state index in [-0.39, 0.29) is 23.8 Å². The van der Waals surface area contributed by atoms with Crippen LogP contribution >= 0.6 is 0 Å². The molecule has 0 unspecified atom stereocenters. The van der Waals surface area contributed by atoms with Gasteiger partial charge in [0.05, 0.1) is 6.61 Å². The molecule has 0 aromatic carbocycles. The first-order valence-corrected chi connectivity index (χ1v) is 5.64. The van der Waals surface area contributed by atoms with E-state index in [2.05, 4.69) is 5.32 Å². The summed E-state index contributed by atoms with van der Waals surface area (Å²) >= 11 is 0. The zero-order chi connectivity index (χ0) is 10.0. The summed E-state index contributed by atoms with van der Waals surface area (Å²) in [5, 5.41) is 12.3. The van der Waals surface area contributed by atoms with Gasteiger partial charge in [-0.1, -0.05) is 12.8 Å². The summed E-state index contributed by atoms with van der Waals surface area (Å²) in [6.07, 6.45) is 6.62. The molecule has 0 aliphatic heterocycles. The molecule has 0 radical (unpaired) electrons. The Morgan fingerprint density at radius 3 is 2.50 bits per heavy atom. The van der Waals surface area contributed by atoms with Crippen molar-refractivity contribution in [2.75, 3.05) is 13.2 Å². The Morgan fingerprint density at radius 2 is 2.00 bits per heavy atom. The standard InChI is InChI=1S/C11H19NO2/c13-8-11(5-1-2-6-11)7-12-10(14)9-3-4-9/h9,13H,1-8H2,(H,12,14). The molecular weight excluding hydrogens is 178 g/mol. The Hall–Kier alpha value is -0.570. The first-order chi connectivity index (χ1) is 6.76. The van der Waals surface area contributed by atoms with Crippen LogP contribution in [0.5, 0.6) is 0 Å². The third kappa shape index (κ3) is 2.08. The average Bonchev–Trinajstić information content (AvgIpc) is 2.95. The minimum absolute atomic E-state index is 0.00451. The SMILES string of the molecule is O=C(NCC1(CO)CCCC1)C1CC1. The smallest absolute Gasteiger partial charge is 0.223 e. The summed E-state index contributed by atoms with van der Waals surface area (Å²) in [6, 6.07) is 0. The lowest BCUT2D eigenvalue weighted by Crippen LogP contribution is -2.38. The number of hydrogen-bond acceptors (Lipinski definition) is 2. The number of aliphatic hydroxyl groups excluding tert-OH is 1. The molecule has 0 spiro atoms. The first-order valence-electron chi connectivity index (χ1n) is 5.64. The van der Waals surface area contributed by atoms with E-state index in [4.69, 9.17) is 0 Å². The fourth-order valence-corrected chi connectivity index (χ4v) is 2.28. The molecule has 2 saturated carbocycles. The molecule has 1 amide bonds. The average molecular weight is 197 g/mol. The summed E-state index contributed by atoms with van der Waals surface area (Å²) in [5.41, 5.74) is 0.00451. The lowest BCUT2D eigenvalue weighted by molar-refractivity contribution is -0.122. The van der Waals surface area contributed by atoms with Gasteiger partial charge in [0.2, 0.25) is 5.91 Å². The third-order valence-corrected chi connectivity index (χ3v) is 3.59. The normalized spacial score (nSPS) is 24.9. The first kappa shape index (κ1) is 9.97. The van der Waals surface area contributed by atoms with Crippen LogP contribution in [0, 0.1) is 11.3 Å². The highest BCUT2D eigenvalue weighted by Crippen LogP contribution is 2.37. The second-order valence-corrected chi connectivity index (χ2v) is 4.86. The number of carbonyl (C=O) groups excluding carboxylic acids is 1. The van der Waals surface area contributed by atoms with E-state index in [1.807, 2.05) is 0 Å². The van der Waals surface area contributed by atoms with Crippen LogP contribution in [0.15, 0.2) is 0 Å². The number of hydrogen-bond donors (Lipinski definition) is 2. The van der Waals surface area contributed by atoms with Crippen LogP contribution < -0.4 is 5.32 Å². The van der Waals surface area contributed by atoms with Crippen LogP contribution in [0.4, 0.5) is 0 Å². The molecule has 0 saturated heterocycles. The topological polar surface area (TPSA) is 49.3 Å². The van der Waals surface area contributed by atoms with Crippen molar-refractivity contribution in [3.8, 4) is 0 Å². The van der Waals surface area contributed by atoms with Gasteiger partial charge in [0.25, 0.3) is 0 Å². The summed E-state index contributed by atoms with van der Waals surface area (Å²) in [6.45, 7) is 0.900. The number of aliphatic hydroxyl groups is 1. The summed E-state index contributed by atoms with van der Waals surface area (Å²) in [7, 11) is 0. The van der Waals surface area contributed by atoms with Gasteiger partial charge in [-0.25, -0.2) is 0 Å². The molecule has 2 fully saturated rings. The highest BCUT2D eigenvalue weighted by atomic mass is 16.3. The van der Waals surface area contributed by atoms with Crippen molar-refractivity contribution in [2.45, 2.75) is 38.5 Å². The monoisotopic (exact) mass is 197 g/mol. The van der Waals surface area contributed by atoms with Gasteiger partial charge in [-0.15, -0.1) is 0 Å². The second-order valence-electron chi connectivity index (χ2n) is 4.86. The molecule has 0 heterocycles. The Morgan fingerprint density at radius 1 is 1.36 bits per heavy atom. The van der Waals surface area contributed by atoms with E-state index >= 15 is 0 Å². The molecule has 0 bridgehead atoms. The molecule has 3 heteroatoms. The zero-order valence-electron chi connectivity index (χ0n) is 8.59. The van der Waals surface area contributed by atoms with Crippen molar-refractivity contribution in [2.24, 2.45) is 11.3 Å². The molecule has 2 aliphatic rings. The summed E-state index contributed by atoms with van der Waals surface area (Å²) in [5.74, 6) is 0.483. The Balaban J connectivity index is 1.79. The fraction of sp³-hybridized carbons (Fsp3) is 0.909. The molecule has 0 aromatic rings. The van der Waals surface area contributed by atoms with E-state index in [0.29, 0.717) is 6.54 Å². The molecular formula is C11H19NO2. The minimum atomic E-state index is 0.00451. The lowest BCUT2D eigenvalue weighted by atomic mass is 9.87. The van der Waals surface area contributed by atoms with Crippen molar-refractivity contribution >= 4 is 5.91 Å². The van der Waals surface area contributed by atoms with Crippen LogP contribution in [-0.2, 0) is 4.79 Å². The van der Waals surface area contributed by atoms with Crippen LogP contribution in [0.1, 0.15) is 38.5 Å². The van der Waals surface area contributed by atoms with Crippen LogP contribution in [0.3, 0.4) is 0 Å². The van der Waals surface area contributed by atoms with E-state index in [9.17, 15) is 9.90 Å². The van der Waals surface area contributed by atoms with Gasteiger partial charge < -0.3 is 10.4 Å². The van der Waals surface area contributed by atoms with Crippen molar-refractivity contribution in [3.05, 3.63) is 0 Å². The Labute approximate surface area is 84.9 Å². The maximum Gasteiger partial charge on any atom is 0.223 e. The number of carbonyl (C=O) groups is 1. The van der Waals surface area contributed by atoms with Crippen LogP contribution in [0.25, 0.3) is 0 Å². The maximum absolute atomic E-state index is 11.4. The molecule has 14 heavy (non-hydrogen) atoms. The number of amides is 1. The fourth-order valence-electron chi connectivity index (χ4n) is 2.28. The maximum atomic E-state index is 11.4. The van der Waals surface area contributed by atoms with E-state index in [1.54, 1.807) is 0 Å². The Bertz CT molecular complexity index is 217. The van der Waals surface area contributed by atoms with Crippen molar-refractivity contribution in [3.63, 3.8) is 0 Å². The molecule has 2 N–H and O–H groups in total. The zero-order valence-corrected chi connectivity index (χ0v) is 8.59. The second kappa shape index (κ2) is 3.89. The van der Waals surface area contributed by atoms with Crippen LogP contribution in [-0.4, -0.2) is 24.2 Å². The molecule has 80 valence electrons. The van der Waals surface area contributed by atoms with Gasteiger partial charge in [-0.05, 0) is 25.7 Å². The van der Waals surface area contributed by atoms with E-state index < -0.39 is 0 Å². The van der Waals surface area contributed by atoms with Gasteiger partial charge in [0, 0.05) is 17.9 Å². The minimum Gasteiger partial charge on any atom is -0.396 e. The van der Waals surface area contributed by atoms with Crippen LogP contribution in [0.2, 0.25) is 0 Å². The van der Waals surface area contributed by atoms with Crippen molar-refractivity contribution in [1.29, 1.82) is 0 Å². The van der Waals surface area contributed by atoms with Crippen molar-refractivity contribution in [1.82, 2.24) is 5.32 Å². The molecule has 0 atom stereocenters. The van der Waals surface area contributed by atoms with Crippen molar-refractivity contribution < 1.29 is 9.90 Å². The molecule has 0 aromatic heterocycles. The third-order valence-electron chi connectivity index (χ3n) is 3.59. The van der Waals surface area contributed by atoms with Gasteiger partial charge in [0.1, 0.15) is 0 Å². The van der Waals surface area contributed by atoms with Gasteiger partial charge in [-0.3, -0.25) is 4.79 Å². The summed E-state index contributed by atoms with van der Waals surface area (Å²) < 4.78 is 0. The Kier molecular flexibility index (Phi) is 2.77. The highest BCUT2D eigenvalue weighted by Gasteiger charge is 2.35. The molecule has 2 aliphatic carbocycles. The predicted molar refractivity (Wildman–Crippen MR) is 53.7 cm³/mol. The van der Waals surface area contributed by atoms with E-state index in [0.717, 1.165) is 25.7 Å². The highest BCUT2D eigenvalue weighted by molar-refractivity contribution is 5.80. The quantitative estimate of drug-likeness (QED) is 0.708. The predicted octanol–water partition coefficient (Wildman–Crippen LogP) is 1.07. The van der Waals surface area contributed by atoms with Gasteiger partial charge in [-0.2, -0.15) is 0 Å². The van der Waals surface area contributed by atoms with E-state index in [1.165, 1.54) is 12.8 Å². The lowest BCUT2D eigenvalue weighted by Gasteiger charge is -2.26. The van der Waals surface area contributed by atoms with Gasteiger partial charge in [0.15, 0.2) is 0 Å². The number of nitrogens with one attached hydrogen (secondary N) is 1. The molecule has 3 nitrogen and oxygen atoms in total. The summed E-state index contributed by atoms with van der Waals surface area (Å²) in [4.78, 5) is 11.4. The van der Waals surface area contributed by atoms with Gasteiger partial charge >= 0.3 is 0 Å². The number of rotatable bonds is 4.